The molecule has 80 valence electrons. The van der Waals surface area contributed by atoms with Gasteiger partial charge in [-0.1, -0.05) is 12.1 Å². The zero-order valence-corrected chi connectivity index (χ0v) is 9.29. The van der Waals surface area contributed by atoms with E-state index in [1.165, 1.54) is 0 Å². The van der Waals surface area contributed by atoms with Gasteiger partial charge >= 0.3 is 0 Å². The predicted molar refractivity (Wildman–Crippen MR) is 61.2 cm³/mol. The summed E-state index contributed by atoms with van der Waals surface area (Å²) in [6.45, 7) is 0. The largest absolute Gasteiger partial charge is 0.323 e. The van der Waals surface area contributed by atoms with Crippen LogP contribution in [0.15, 0.2) is 18.2 Å². The minimum absolute atomic E-state index is 0.126. The monoisotopic (exact) mass is 224 g/mol. The second kappa shape index (κ2) is 3.83. The van der Waals surface area contributed by atoms with Crippen molar-refractivity contribution in [3.8, 4) is 0 Å². The first kappa shape index (κ1) is 10.5. The van der Waals surface area contributed by atoms with Gasteiger partial charge in [0.1, 0.15) is 0 Å². The van der Waals surface area contributed by atoms with Gasteiger partial charge in [0.05, 0.1) is 6.42 Å². The van der Waals surface area contributed by atoms with Crippen molar-refractivity contribution in [2.45, 2.75) is 12.5 Å². The zero-order chi connectivity index (χ0) is 11.0. The standard InChI is InChI=1S/C11H13ClN2O/c1-14-10-3-2-7(9(13)6-12)4-8(10)5-11(14)15/h2-4,9H,5-6,13H2,1H3. The molecule has 0 spiro atoms. The van der Waals surface area contributed by atoms with Crippen LogP contribution in [0, 0.1) is 0 Å². The molecule has 1 heterocycles. The molecule has 2 rings (SSSR count). The molecule has 0 radical (unpaired) electrons. The normalized spacial score (nSPS) is 16.7. The summed E-state index contributed by atoms with van der Waals surface area (Å²) < 4.78 is 0. The lowest BCUT2D eigenvalue weighted by Crippen LogP contribution is -2.20. The third kappa shape index (κ3) is 1.73. The average molecular weight is 225 g/mol. The maximum absolute atomic E-state index is 11.5. The van der Waals surface area contributed by atoms with Crippen LogP contribution in [0.4, 0.5) is 5.69 Å². The minimum atomic E-state index is -0.155. The number of nitrogens with two attached hydrogens (primary N) is 1. The number of rotatable bonds is 2. The van der Waals surface area contributed by atoms with Crippen molar-refractivity contribution in [1.29, 1.82) is 0 Å². The number of likely N-dealkylation sites (N-methyl/N-ethyl adjacent to an activating group) is 1. The Hall–Kier alpha value is -1.06. The lowest BCUT2D eigenvalue weighted by Gasteiger charge is -2.12. The van der Waals surface area contributed by atoms with Crippen molar-refractivity contribution < 1.29 is 4.79 Å². The summed E-state index contributed by atoms with van der Waals surface area (Å²) in [4.78, 5) is 13.1. The van der Waals surface area contributed by atoms with Crippen LogP contribution in [0.2, 0.25) is 0 Å². The summed E-state index contributed by atoms with van der Waals surface area (Å²) in [6.07, 6.45) is 0.467. The Morgan fingerprint density at radius 3 is 3.00 bits per heavy atom. The fourth-order valence-corrected chi connectivity index (χ4v) is 1.99. The number of hydrogen-bond acceptors (Lipinski definition) is 2. The molecule has 0 fully saturated rings. The molecule has 1 aliphatic heterocycles. The first-order valence-electron chi connectivity index (χ1n) is 4.84. The summed E-state index contributed by atoms with van der Waals surface area (Å²) in [5.74, 6) is 0.518. The third-order valence-corrected chi connectivity index (χ3v) is 3.11. The molecule has 1 atom stereocenters. The Labute approximate surface area is 93.8 Å². The number of alkyl halides is 1. The minimum Gasteiger partial charge on any atom is -0.323 e. The summed E-state index contributed by atoms with van der Waals surface area (Å²) in [6, 6.07) is 5.69. The van der Waals surface area contributed by atoms with Crippen molar-refractivity contribution in [2.75, 3.05) is 17.8 Å². The lowest BCUT2D eigenvalue weighted by atomic mass is 10.0. The number of hydrogen-bond donors (Lipinski definition) is 1. The third-order valence-electron chi connectivity index (χ3n) is 2.78. The summed E-state index contributed by atoms with van der Waals surface area (Å²) in [7, 11) is 1.79. The Kier molecular flexibility index (Phi) is 2.67. The number of carbonyl (C=O) groups excluding carboxylic acids is 1. The van der Waals surface area contributed by atoms with E-state index in [9.17, 15) is 4.79 Å². The number of carbonyl (C=O) groups is 1. The number of halogens is 1. The fraction of sp³-hybridized carbons (Fsp3) is 0.364. The molecular formula is C11H13ClN2O. The molecular weight excluding hydrogens is 212 g/mol. The van der Waals surface area contributed by atoms with Crippen molar-refractivity contribution in [3.05, 3.63) is 29.3 Å². The molecule has 15 heavy (non-hydrogen) atoms. The van der Waals surface area contributed by atoms with Crippen molar-refractivity contribution in [2.24, 2.45) is 5.73 Å². The highest BCUT2D eigenvalue weighted by Crippen LogP contribution is 2.29. The number of benzene rings is 1. The predicted octanol–water partition coefficient (Wildman–Crippen LogP) is 1.44. The molecule has 3 nitrogen and oxygen atoms in total. The Balaban J connectivity index is 2.37. The highest BCUT2D eigenvalue weighted by molar-refractivity contribution is 6.18. The lowest BCUT2D eigenvalue weighted by molar-refractivity contribution is -0.117. The average Bonchev–Trinajstić information content (AvgIpc) is 2.53. The zero-order valence-electron chi connectivity index (χ0n) is 8.53. The first-order chi connectivity index (χ1) is 7.13. The molecule has 1 amide bonds. The maximum Gasteiger partial charge on any atom is 0.231 e. The Morgan fingerprint density at radius 2 is 2.33 bits per heavy atom. The topological polar surface area (TPSA) is 46.3 Å². The van der Waals surface area contributed by atoms with E-state index >= 15 is 0 Å². The molecule has 1 aromatic carbocycles. The van der Waals surface area contributed by atoms with E-state index in [-0.39, 0.29) is 11.9 Å². The van der Waals surface area contributed by atoms with Crippen LogP contribution >= 0.6 is 11.6 Å². The number of anilines is 1. The highest BCUT2D eigenvalue weighted by Gasteiger charge is 2.24. The summed E-state index contributed by atoms with van der Waals surface area (Å²) in [5.41, 5.74) is 8.84. The number of amides is 1. The summed E-state index contributed by atoms with van der Waals surface area (Å²) in [5, 5.41) is 0. The van der Waals surface area contributed by atoms with Crippen LogP contribution in [0.1, 0.15) is 17.2 Å². The maximum atomic E-state index is 11.5. The van der Waals surface area contributed by atoms with E-state index in [0.717, 1.165) is 16.8 Å². The van der Waals surface area contributed by atoms with Crippen molar-refractivity contribution >= 4 is 23.2 Å². The second-order valence-electron chi connectivity index (χ2n) is 3.78. The molecule has 0 aromatic heterocycles. The van der Waals surface area contributed by atoms with E-state index < -0.39 is 0 Å². The summed E-state index contributed by atoms with van der Waals surface area (Å²) >= 11 is 5.69. The second-order valence-corrected chi connectivity index (χ2v) is 4.09. The van der Waals surface area contributed by atoms with Crippen molar-refractivity contribution in [1.82, 2.24) is 0 Å². The molecule has 1 aromatic rings. The van der Waals surface area contributed by atoms with Gasteiger partial charge in [-0.15, -0.1) is 11.6 Å². The number of nitrogens with zero attached hydrogens (tertiary/aromatic N) is 1. The van der Waals surface area contributed by atoms with Crippen LogP contribution in [0.5, 0.6) is 0 Å². The Bertz CT molecular complexity index is 406. The Morgan fingerprint density at radius 1 is 1.60 bits per heavy atom. The van der Waals surface area contributed by atoms with E-state index in [4.69, 9.17) is 17.3 Å². The van der Waals surface area contributed by atoms with Crippen LogP contribution in [-0.4, -0.2) is 18.8 Å². The molecule has 1 aliphatic rings. The molecule has 0 aliphatic carbocycles. The van der Waals surface area contributed by atoms with Crippen LogP contribution < -0.4 is 10.6 Å². The quantitative estimate of drug-likeness (QED) is 0.773. The van der Waals surface area contributed by atoms with E-state index in [1.807, 2.05) is 18.2 Å². The van der Waals surface area contributed by atoms with Gasteiger partial charge in [0.25, 0.3) is 0 Å². The molecule has 0 saturated heterocycles. The van der Waals surface area contributed by atoms with Crippen molar-refractivity contribution in [3.63, 3.8) is 0 Å². The van der Waals surface area contributed by atoms with E-state index in [2.05, 4.69) is 0 Å². The van der Waals surface area contributed by atoms with Gasteiger partial charge in [0.2, 0.25) is 5.91 Å². The van der Waals surface area contributed by atoms with Gasteiger partial charge in [-0.3, -0.25) is 4.79 Å². The fourth-order valence-electron chi connectivity index (χ4n) is 1.81. The molecule has 4 heteroatoms. The van der Waals surface area contributed by atoms with Gasteiger partial charge in [-0.25, -0.2) is 0 Å². The van der Waals surface area contributed by atoms with Gasteiger partial charge in [-0.2, -0.15) is 0 Å². The first-order valence-corrected chi connectivity index (χ1v) is 5.38. The van der Waals surface area contributed by atoms with Gasteiger partial charge in [0.15, 0.2) is 0 Å². The van der Waals surface area contributed by atoms with Crippen LogP contribution in [0.3, 0.4) is 0 Å². The molecule has 0 bridgehead atoms. The van der Waals surface area contributed by atoms with Gasteiger partial charge < -0.3 is 10.6 Å². The van der Waals surface area contributed by atoms with Crippen LogP contribution in [0.25, 0.3) is 0 Å². The molecule has 0 saturated carbocycles. The molecule has 1 unspecified atom stereocenters. The van der Waals surface area contributed by atoms with E-state index in [1.54, 1.807) is 11.9 Å². The van der Waals surface area contributed by atoms with Gasteiger partial charge in [-0.05, 0) is 17.2 Å². The SMILES string of the molecule is CN1C(=O)Cc2cc(C(N)CCl)ccc21. The highest BCUT2D eigenvalue weighted by atomic mass is 35.5. The van der Waals surface area contributed by atoms with Crippen LogP contribution in [-0.2, 0) is 11.2 Å². The number of fused-ring (bicyclic) bond motifs is 1. The smallest absolute Gasteiger partial charge is 0.231 e. The molecule has 2 N–H and O–H groups in total. The van der Waals surface area contributed by atoms with Gasteiger partial charge in [0, 0.05) is 24.7 Å². The van der Waals surface area contributed by atoms with E-state index in [0.29, 0.717) is 12.3 Å².